The molecule has 1 atom stereocenters. The molecule has 0 radical (unpaired) electrons. The van der Waals surface area contributed by atoms with E-state index in [2.05, 4.69) is 15.6 Å². The number of piperidine rings is 1. The third-order valence-electron chi connectivity index (χ3n) is 6.17. The zero-order valence-corrected chi connectivity index (χ0v) is 18.2. The van der Waals surface area contributed by atoms with Gasteiger partial charge in [-0.25, -0.2) is 4.98 Å². The van der Waals surface area contributed by atoms with Crippen LogP contribution in [0.5, 0.6) is 0 Å². The van der Waals surface area contributed by atoms with Crippen LogP contribution in [0.25, 0.3) is 0 Å². The van der Waals surface area contributed by atoms with Crippen LogP contribution in [0.15, 0.2) is 42.6 Å². The van der Waals surface area contributed by atoms with E-state index in [0.717, 1.165) is 11.1 Å². The van der Waals surface area contributed by atoms with Crippen molar-refractivity contribution in [2.45, 2.75) is 33.1 Å². The lowest BCUT2D eigenvalue weighted by molar-refractivity contribution is -0.153. The second-order valence-corrected chi connectivity index (χ2v) is 8.87. The SMILES string of the molecule is CC1(C)C(=O)CCN(CC(=O)Nc2ccc3c(c2)CC(C(=O)Nc2ccccn2)C3)C1=O. The first-order valence-electron chi connectivity index (χ1n) is 10.7. The third-order valence-corrected chi connectivity index (χ3v) is 6.17. The van der Waals surface area contributed by atoms with Gasteiger partial charge < -0.3 is 15.5 Å². The second kappa shape index (κ2) is 8.53. The Morgan fingerprint density at radius 3 is 2.62 bits per heavy atom. The van der Waals surface area contributed by atoms with Crippen LogP contribution in [0, 0.1) is 11.3 Å². The standard InChI is InChI=1S/C24H26N4O4/c1-24(2)19(29)8-10-28(23(24)32)14-21(30)26-18-7-6-15-11-17(12-16(15)13-18)22(31)27-20-5-3-4-9-25-20/h3-7,9,13,17H,8,10-12,14H2,1-2H3,(H,26,30)(H,25,27,31). The number of nitrogens with zero attached hydrogens (tertiary/aromatic N) is 2. The van der Waals surface area contributed by atoms with E-state index in [-0.39, 0.29) is 48.9 Å². The number of carbonyl (C=O) groups is 4. The Balaban J connectivity index is 1.35. The number of hydrogen-bond acceptors (Lipinski definition) is 5. The highest BCUT2D eigenvalue weighted by Crippen LogP contribution is 2.30. The quantitative estimate of drug-likeness (QED) is 0.702. The fourth-order valence-electron chi connectivity index (χ4n) is 4.24. The van der Waals surface area contributed by atoms with E-state index in [1.165, 1.54) is 4.90 Å². The Kier molecular flexibility index (Phi) is 5.78. The number of nitrogens with one attached hydrogen (secondary N) is 2. The van der Waals surface area contributed by atoms with Gasteiger partial charge in [0.25, 0.3) is 0 Å². The lowest BCUT2D eigenvalue weighted by Gasteiger charge is -2.35. The van der Waals surface area contributed by atoms with Gasteiger partial charge in [-0.2, -0.15) is 0 Å². The molecule has 8 nitrogen and oxygen atoms in total. The van der Waals surface area contributed by atoms with E-state index < -0.39 is 5.41 Å². The summed E-state index contributed by atoms with van der Waals surface area (Å²) in [6, 6.07) is 11.0. The lowest BCUT2D eigenvalue weighted by atomic mass is 9.82. The van der Waals surface area contributed by atoms with Gasteiger partial charge in [0.15, 0.2) is 0 Å². The summed E-state index contributed by atoms with van der Waals surface area (Å²) < 4.78 is 0. The van der Waals surface area contributed by atoms with Crippen LogP contribution in [-0.2, 0) is 32.0 Å². The Morgan fingerprint density at radius 2 is 1.88 bits per heavy atom. The summed E-state index contributed by atoms with van der Waals surface area (Å²) in [5.41, 5.74) is 1.64. The molecular weight excluding hydrogens is 408 g/mol. The molecule has 3 amide bonds. The Labute approximate surface area is 186 Å². The lowest BCUT2D eigenvalue weighted by Crippen LogP contribution is -2.53. The van der Waals surface area contributed by atoms with Crippen molar-refractivity contribution in [2.75, 3.05) is 23.7 Å². The van der Waals surface area contributed by atoms with Crippen molar-refractivity contribution in [1.29, 1.82) is 0 Å². The predicted octanol–water partition coefficient (Wildman–Crippen LogP) is 2.20. The molecule has 1 aliphatic heterocycles. The number of pyridine rings is 1. The molecule has 0 bridgehead atoms. The van der Waals surface area contributed by atoms with Crippen molar-refractivity contribution >= 4 is 35.0 Å². The van der Waals surface area contributed by atoms with Gasteiger partial charge in [-0.3, -0.25) is 19.2 Å². The highest BCUT2D eigenvalue weighted by molar-refractivity contribution is 6.08. The zero-order valence-electron chi connectivity index (χ0n) is 18.2. The molecule has 2 aromatic rings. The maximum absolute atomic E-state index is 12.6. The van der Waals surface area contributed by atoms with Crippen LogP contribution in [0.1, 0.15) is 31.4 Å². The van der Waals surface area contributed by atoms with Gasteiger partial charge in [-0.1, -0.05) is 12.1 Å². The molecule has 1 aromatic heterocycles. The smallest absolute Gasteiger partial charge is 0.243 e. The molecule has 1 aliphatic carbocycles. The summed E-state index contributed by atoms with van der Waals surface area (Å²) in [5, 5.41) is 5.68. The van der Waals surface area contributed by atoms with Gasteiger partial charge in [0.2, 0.25) is 17.7 Å². The number of hydrogen-bond donors (Lipinski definition) is 2. The molecule has 2 aliphatic rings. The summed E-state index contributed by atoms with van der Waals surface area (Å²) in [7, 11) is 0. The van der Waals surface area contributed by atoms with Crippen LogP contribution in [-0.4, -0.2) is 46.5 Å². The first kappa shape index (κ1) is 21.7. The molecule has 4 rings (SSSR count). The number of fused-ring (bicyclic) bond motifs is 1. The molecule has 8 heteroatoms. The molecule has 1 saturated heterocycles. The van der Waals surface area contributed by atoms with Crippen molar-refractivity contribution in [3.63, 3.8) is 0 Å². The van der Waals surface area contributed by atoms with E-state index in [0.29, 0.717) is 24.3 Å². The second-order valence-electron chi connectivity index (χ2n) is 8.87. The van der Waals surface area contributed by atoms with Crippen LogP contribution in [0.3, 0.4) is 0 Å². The Hall–Kier alpha value is -3.55. The summed E-state index contributed by atoms with van der Waals surface area (Å²) in [6.45, 7) is 3.36. The molecule has 32 heavy (non-hydrogen) atoms. The van der Waals surface area contributed by atoms with E-state index in [1.54, 1.807) is 38.2 Å². The minimum atomic E-state index is -1.09. The van der Waals surface area contributed by atoms with Crippen LogP contribution < -0.4 is 10.6 Å². The molecule has 0 saturated carbocycles. The van der Waals surface area contributed by atoms with Crippen molar-refractivity contribution < 1.29 is 19.2 Å². The van der Waals surface area contributed by atoms with E-state index in [9.17, 15) is 19.2 Å². The number of carbonyl (C=O) groups excluding carboxylic acids is 4. The molecule has 2 N–H and O–H groups in total. The van der Waals surface area contributed by atoms with Crippen molar-refractivity contribution in [3.05, 3.63) is 53.7 Å². The topological polar surface area (TPSA) is 108 Å². The molecule has 166 valence electrons. The van der Waals surface area contributed by atoms with E-state index >= 15 is 0 Å². The number of Topliss-reactive ketones (excluding diaryl/α,β-unsaturated/α-hetero) is 1. The van der Waals surface area contributed by atoms with Crippen LogP contribution in [0.4, 0.5) is 11.5 Å². The zero-order chi connectivity index (χ0) is 22.9. The fraction of sp³-hybridized carbons (Fsp3) is 0.375. The average Bonchev–Trinajstić information content (AvgIpc) is 3.19. The number of rotatable bonds is 5. The van der Waals surface area contributed by atoms with Crippen molar-refractivity contribution in [1.82, 2.24) is 9.88 Å². The predicted molar refractivity (Wildman–Crippen MR) is 119 cm³/mol. The number of aromatic nitrogens is 1. The number of amides is 3. The van der Waals surface area contributed by atoms with Crippen LogP contribution >= 0.6 is 0 Å². The van der Waals surface area contributed by atoms with Crippen molar-refractivity contribution in [2.24, 2.45) is 11.3 Å². The summed E-state index contributed by atoms with van der Waals surface area (Å²) >= 11 is 0. The van der Waals surface area contributed by atoms with E-state index in [4.69, 9.17) is 0 Å². The molecule has 0 spiro atoms. The third kappa shape index (κ3) is 4.39. The first-order chi connectivity index (χ1) is 15.2. The highest BCUT2D eigenvalue weighted by atomic mass is 16.2. The molecule has 2 heterocycles. The Morgan fingerprint density at radius 1 is 1.09 bits per heavy atom. The molecule has 1 fully saturated rings. The molecule has 1 aromatic carbocycles. The van der Waals surface area contributed by atoms with Gasteiger partial charge in [-0.15, -0.1) is 0 Å². The molecular formula is C24H26N4O4. The normalized spacial score (nSPS) is 19.4. The number of likely N-dealkylation sites (tertiary alicyclic amines) is 1. The van der Waals surface area contributed by atoms with Gasteiger partial charge in [0.1, 0.15) is 17.0 Å². The number of ketones is 1. The Bertz CT molecular complexity index is 1080. The first-order valence-corrected chi connectivity index (χ1v) is 10.7. The largest absolute Gasteiger partial charge is 0.332 e. The van der Waals surface area contributed by atoms with Gasteiger partial charge in [-0.05, 0) is 62.1 Å². The summed E-state index contributed by atoms with van der Waals surface area (Å²) in [5.74, 6) is -0.474. The molecule has 1 unspecified atom stereocenters. The maximum Gasteiger partial charge on any atom is 0.243 e. The van der Waals surface area contributed by atoms with Crippen molar-refractivity contribution in [3.8, 4) is 0 Å². The summed E-state index contributed by atoms with van der Waals surface area (Å²) in [4.78, 5) is 55.2. The van der Waals surface area contributed by atoms with Gasteiger partial charge in [0, 0.05) is 30.8 Å². The van der Waals surface area contributed by atoms with Crippen LogP contribution in [0.2, 0.25) is 0 Å². The number of benzene rings is 1. The monoisotopic (exact) mass is 434 g/mol. The minimum Gasteiger partial charge on any atom is -0.332 e. The number of anilines is 2. The van der Waals surface area contributed by atoms with Gasteiger partial charge >= 0.3 is 0 Å². The fourth-order valence-corrected chi connectivity index (χ4v) is 4.24. The highest BCUT2D eigenvalue weighted by Gasteiger charge is 2.42. The summed E-state index contributed by atoms with van der Waals surface area (Å²) in [6.07, 6.45) is 3.10. The minimum absolute atomic E-state index is 0.0775. The van der Waals surface area contributed by atoms with Gasteiger partial charge in [0.05, 0.1) is 6.54 Å². The van der Waals surface area contributed by atoms with E-state index in [1.807, 2.05) is 18.2 Å². The maximum atomic E-state index is 12.6. The average molecular weight is 434 g/mol.